The minimum Gasteiger partial charge on any atom is -0.481 e. The molecule has 0 spiro atoms. The van der Waals surface area contributed by atoms with Gasteiger partial charge in [-0.25, -0.2) is 0 Å². The normalized spacial score (nSPS) is 11.8. The van der Waals surface area contributed by atoms with Crippen molar-refractivity contribution < 1.29 is 68.3 Å². The zero-order valence-electron chi connectivity index (χ0n) is 45.4. The molecule has 0 bridgehead atoms. The topological polar surface area (TPSA) is 260 Å². The highest BCUT2D eigenvalue weighted by atomic mass is 33.1. The summed E-state index contributed by atoms with van der Waals surface area (Å²) in [6, 6.07) is 0. The van der Waals surface area contributed by atoms with Crippen molar-refractivity contribution in [1.29, 1.82) is 0 Å². The number of rotatable bonds is 48. The summed E-state index contributed by atoms with van der Waals surface area (Å²) in [4.78, 5) is 93.7. The van der Waals surface area contributed by atoms with Gasteiger partial charge in [0.1, 0.15) is 12.4 Å². The minimum absolute atomic E-state index is 0.0141. The molecule has 0 unspecified atom stereocenters. The van der Waals surface area contributed by atoms with Crippen LogP contribution in [0.5, 0.6) is 0 Å². The van der Waals surface area contributed by atoms with Gasteiger partial charge in [-0.3, -0.25) is 38.4 Å². The van der Waals surface area contributed by atoms with Crippen molar-refractivity contribution in [1.82, 2.24) is 10.6 Å². The number of carbonyl (C=O) groups excluding carboxylic acids is 4. The highest BCUT2D eigenvalue weighted by Gasteiger charge is 2.23. The molecule has 2 amide bonds. The van der Waals surface area contributed by atoms with Crippen molar-refractivity contribution in [2.24, 2.45) is 17.8 Å². The largest absolute Gasteiger partial charge is 0.481 e. The molecule has 22 heteroatoms. The van der Waals surface area contributed by atoms with Gasteiger partial charge in [-0.2, -0.15) is 0 Å². The number of unbranched alkanes of at least 4 members (excludes halogenated alkanes) is 16. The van der Waals surface area contributed by atoms with E-state index in [4.69, 9.17) is 19.7 Å². The summed E-state index contributed by atoms with van der Waals surface area (Å²) in [5, 5.41) is 41.9. The van der Waals surface area contributed by atoms with E-state index in [9.17, 15) is 48.6 Å². The molecule has 73 heavy (non-hydrogen) atoms. The molecule has 6 N–H and O–H groups in total. The molecule has 0 aromatic rings. The van der Waals surface area contributed by atoms with Crippen molar-refractivity contribution in [2.75, 3.05) is 77.1 Å². The first-order chi connectivity index (χ1) is 35.0. The Morgan fingerprint density at radius 1 is 0.397 bits per heavy atom. The molecule has 0 saturated carbocycles. The maximum absolute atomic E-state index is 12.5. The second-order valence-corrected chi connectivity index (χ2v) is 25.3. The zero-order valence-corrected chi connectivity index (χ0v) is 50.3. The summed E-state index contributed by atoms with van der Waals surface area (Å²) in [7, 11) is 10.6. The monoisotopic (exact) mass is 1150 g/mol. The molecule has 16 nitrogen and oxygen atoms in total. The van der Waals surface area contributed by atoms with E-state index >= 15 is 0 Å². The Balaban J connectivity index is -0.00000177. The van der Waals surface area contributed by atoms with Gasteiger partial charge in [0, 0.05) is 51.6 Å². The average Bonchev–Trinajstić information content (AvgIpc) is 3.36. The number of aliphatic carboxylic acids is 4. The Morgan fingerprint density at radius 2 is 0.767 bits per heavy atom. The lowest BCUT2D eigenvalue weighted by atomic mass is 9.94. The average molecular weight is 1150 g/mol. The third-order valence-electron chi connectivity index (χ3n) is 11.2. The fraction of sp³-hybridized carbons (Fsp3) is 0.843. The van der Waals surface area contributed by atoms with Gasteiger partial charge in [0.25, 0.3) is 0 Å². The van der Waals surface area contributed by atoms with Crippen LogP contribution in [-0.4, -0.2) is 145 Å². The standard InChI is InChI=1S/C45H78N2O14.3C2H6S2/c1-35(43(54)55)20-18-19-27-46-40(50)25-24-37(45(58)59)33-39(49)34-61-31-30-60-29-28-47-41(51)26-23-36(44(56)57)32-38(48)21-16-14-12-10-8-6-4-2-3-5-7-9-11-13-15-17-22-42(52)53;3*1-3-4-2/h35-37H,2-34H2,1H3,(H,46,50)(H,47,51)(H,52,53)(H,54,55)(H,56,57)(H,58,59);3*1-2H3/t35-,36+,37+;;;/m0.../s1. The molecule has 0 saturated heterocycles. The van der Waals surface area contributed by atoms with Crippen LogP contribution < -0.4 is 10.6 Å². The predicted octanol–water partition coefficient (Wildman–Crippen LogP) is 12.0. The van der Waals surface area contributed by atoms with Crippen molar-refractivity contribution in [3.63, 3.8) is 0 Å². The number of ketones is 2. The number of hydrogen-bond acceptors (Lipinski definition) is 16. The number of carboxylic acid groups (broad SMARTS) is 4. The molecule has 0 aromatic heterocycles. The highest BCUT2D eigenvalue weighted by Crippen LogP contribution is 2.18. The Hall–Kier alpha value is -1.82. The number of amides is 2. The van der Waals surface area contributed by atoms with E-state index in [-0.39, 0.29) is 95.5 Å². The quantitative estimate of drug-likeness (QED) is 0.0244. The fourth-order valence-electron chi connectivity index (χ4n) is 6.79. The lowest BCUT2D eigenvalue weighted by Crippen LogP contribution is -2.29. The van der Waals surface area contributed by atoms with E-state index in [1.165, 1.54) is 57.8 Å². The number of carbonyl (C=O) groups is 8. The number of carboxylic acids is 4. The van der Waals surface area contributed by atoms with Crippen LogP contribution in [0.4, 0.5) is 0 Å². The summed E-state index contributed by atoms with van der Waals surface area (Å²) < 4.78 is 10.7. The van der Waals surface area contributed by atoms with Crippen LogP contribution in [0.3, 0.4) is 0 Å². The van der Waals surface area contributed by atoms with E-state index in [0.717, 1.165) is 44.9 Å². The van der Waals surface area contributed by atoms with Crippen molar-refractivity contribution in [3.05, 3.63) is 0 Å². The number of hydrogen-bond donors (Lipinski definition) is 6. The second kappa shape index (κ2) is 61.0. The van der Waals surface area contributed by atoms with Crippen LogP contribution in [0.2, 0.25) is 0 Å². The van der Waals surface area contributed by atoms with Crippen LogP contribution in [0.15, 0.2) is 0 Å². The van der Waals surface area contributed by atoms with Gasteiger partial charge >= 0.3 is 23.9 Å². The lowest BCUT2D eigenvalue weighted by Gasteiger charge is -2.12. The summed E-state index contributed by atoms with van der Waals surface area (Å²) in [5.41, 5.74) is 0. The van der Waals surface area contributed by atoms with E-state index in [1.807, 2.05) is 0 Å². The van der Waals surface area contributed by atoms with Crippen molar-refractivity contribution in [3.8, 4) is 0 Å². The van der Waals surface area contributed by atoms with Crippen LogP contribution in [0.25, 0.3) is 0 Å². The summed E-state index contributed by atoms with van der Waals surface area (Å²) in [6.07, 6.45) is 32.2. The van der Waals surface area contributed by atoms with Crippen LogP contribution >= 0.6 is 64.8 Å². The Bertz CT molecular complexity index is 1370. The van der Waals surface area contributed by atoms with Gasteiger partial charge in [-0.1, -0.05) is 168 Å². The maximum Gasteiger partial charge on any atom is 0.306 e. The van der Waals surface area contributed by atoms with E-state index < -0.39 is 47.4 Å². The molecular weight excluding hydrogens is 1060 g/mol. The molecular formula is C51H96N2O14S6. The SMILES string of the molecule is CSSC.CSSC.CSSC.C[C@@H](CCCCNC(=O)CC[C@H](CC(=O)COCCOCCNC(=O)CC[C@H](CC(=O)CCCCCCCCCCCCCCCCCCC(=O)O)C(=O)O)C(=O)O)C(=O)O. The molecule has 0 aromatic carbocycles. The summed E-state index contributed by atoms with van der Waals surface area (Å²) in [5.74, 6) is -7.48. The molecule has 0 rings (SSSR count). The van der Waals surface area contributed by atoms with Gasteiger partial charge in [-0.05, 0) is 76.1 Å². The predicted molar refractivity (Wildman–Crippen MR) is 310 cm³/mol. The van der Waals surface area contributed by atoms with Gasteiger partial charge < -0.3 is 40.5 Å². The number of Topliss-reactive ketones (excluding diaryl/α,β-unsaturated/α-hetero) is 2. The van der Waals surface area contributed by atoms with E-state index in [1.54, 1.807) is 71.7 Å². The molecule has 0 aliphatic rings. The smallest absolute Gasteiger partial charge is 0.306 e. The third-order valence-corrected chi connectivity index (χ3v) is 15.2. The Kier molecular flexibility index (Phi) is 65.0. The number of ether oxygens (including phenoxy) is 2. The van der Waals surface area contributed by atoms with Crippen LogP contribution in [0.1, 0.15) is 180 Å². The Morgan fingerprint density at radius 3 is 1.15 bits per heavy atom. The molecule has 3 atom stereocenters. The molecule has 0 aliphatic heterocycles. The van der Waals surface area contributed by atoms with Crippen LogP contribution in [0, 0.1) is 17.8 Å². The maximum atomic E-state index is 12.5. The second-order valence-electron chi connectivity index (χ2n) is 17.3. The van der Waals surface area contributed by atoms with E-state index in [0.29, 0.717) is 32.2 Å². The van der Waals surface area contributed by atoms with Gasteiger partial charge in [0.2, 0.25) is 11.8 Å². The molecule has 0 aliphatic carbocycles. The zero-order chi connectivity index (χ0) is 55.8. The van der Waals surface area contributed by atoms with E-state index in [2.05, 4.69) is 48.2 Å². The first kappa shape index (κ1) is 77.7. The Labute approximate surface area is 463 Å². The summed E-state index contributed by atoms with van der Waals surface area (Å²) >= 11 is 0. The van der Waals surface area contributed by atoms with Gasteiger partial charge in [-0.15, -0.1) is 0 Å². The first-order valence-corrected chi connectivity index (χ1v) is 34.7. The minimum atomic E-state index is -1.19. The molecule has 0 radical (unpaired) electrons. The lowest BCUT2D eigenvalue weighted by molar-refractivity contribution is -0.145. The fourth-order valence-corrected chi connectivity index (χ4v) is 6.79. The summed E-state index contributed by atoms with van der Waals surface area (Å²) in [6.45, 7) is 2.16. The molecule has 0 heterocycles. The molecule has 0 fully saturated rings. The third kappa shape index (κ3) is 64.4. The first-order valence-electron chi connectivity index (χ1n) is 25.8. The number of nitrogens with one attached hydrogen (secondary N) is 2. The van der Waals surface area contributed by atoms with Gasteiger partial charge in [0.05, 0.1) is 37.6 Å². The van der Waals surface area contributed by atoms with Crippen molar-refractivity contribution in [2.45, 2.75) is 180 Å². The van der Waals surface area contributed by atoms with Gasteiger partial charge in [0.15, 0.2) is 5.78 Å². The highest BCUT2D eigenvalue weighted by molar-refractivity contribution is 8.76. The van der Waals surface area contributed by atoms with Crippen molar-refractivity contribution >= 4 is 112 Å². The molecule has 430 valence electrons. The van der Waals surface area contributed by atoms with Crippen LogP contribution in [-0.2, 0) is 47.8 Å².